The van der Waals surface area contributed by atoms with Gasteiger partial charge in [0.15, 0.2) is 0 Å². The number of hydrogen-bond acceptors (Lipinski definition) is 5. The molecule has 0 radical (unpaired) electrons. The number of benzene rings is 1. The van der Waals surface area contributed by atoms with E-state index in [1.807, 2.05) is 30.3 Å². The highest BCUT2D eigenvalue weighted by atomic mass is 16.4. The molecule has 0 bridgehead atoms. The molecule has 2 heterocycles. The Morgan fingerprint density at radius 3 is 3.00 bits per heavy atom. The molecule has 0 saturated carbocycles. The lowest BCUT2D eigenvalue weighted by atomic mass is 9.96. The number of aliphatic carboxylic acids is 1. The zero-order valence-electron chi connectivity index (χ0n) is 15.9. The summed E-state index contributed by atoms with van der Waals surface area (Å²) in [6, 6.07) is 12.4. The second kappa shape index (κ2) is 8.86. The molecular formula is C21H28N4O2. The SMILES string of the molecule is CC[C@@H](NCC(C)c1cccc(CC(=O)O)c1)[C@@H]1CNc2cccnc2N1. The van der Waals surface area contributed by atoms with E-state index in [2.05, 4.69) is 40.8 Å². The van der Waals surface area contributed by atoms with Crippen LogP contribution in [0.15, 0.2) is 42.6 Å². The van der Waals surface area contributed by atoms with Crippen LogP contribution in [0.25, 0.3) is 0 Å². The van der Waals surface area contributed by atoms with Crippen LogP contribution >= 0.6 is 0 Å². The number of fused-ring (bicyclic) bond motifs is 1. The topological polar surface area (TPSA) is 86.3 Å². The third-order valence-corrected chi connectivity index (χ3v) is 5.13. The van der Waals surface area contributed by atoms with Gasteiger partial charge in [0.25, 0.3) is 0 Å². The Hall–Kier alpha value is -2.60. The Bertz CT molecular complexity index is 780. The number of rotatable bonds is 8. The molecular weight excluding hydrogens is 340 g/mol. The van der Waals surface area contributed by atoms with Crippen molar-refractivity contribution in [3.63, 3.8) is 0 Å². The van der Waals surface area contributed by atoms with Crippen LogP contribution < -0.4 is 16.0 Å². The number of pyridine rings is 1. The summed E-state index contributed by atoms with van der Waals surface area (Å²) in [6.07, 6.45) is 2.87. The predicted octanol–water partition coefficient (Wildman–Crippen LogP) is 3.09. The summed E-state index contributed by atoms with van der Waals surface area (Å²) in [4.78, 5) is 15.3. The quantitative estimate of drug-likeness (QED) is 0.573. The zero-order chi connectivity index (χ0) is 19.2. The number of nitrogens with zero attached hydrogens (tertiary/aromatic N) is 1. The second-order valence-corrected chi connectivity index (χ2v) is 7.17. The standard InChI is InChI=1S/C21H28N4O2/c1-3-17(19-13-24-18-8-5-9-22-21(18)25-19)23-12-14(2)16-7-4-6-15(10-16)11-20(26)27/h4-10,14,17,19,23-24H,3,11-13H2,1-2H3,(H,22,25)(H,26,27)/t14?,17-,19+/m1/s1. The second-order valence-electron chi connectivity index (χ2n) is 7.17. The number of nitrogens with one attached hydrogen (secondary N) is 3. The smallest absolute Gasteiger partial charge is 0.307 e. The Morgan fingerprint density at radius 2 is 2.22 bits per heavy atom. The normalized spacial score (nSPS) is 17.9. The molecule has 27 heavy (non-hydrogen) atoms. The van der Waals surface area contributed by atoms with Crippen molar-refractivity contribution in [2.24, 2.45) is 0 Å². The van der Waals surface area contributed by atoms with Crippen molar-refractivity contribution in [3.8, 4) is 0 Å². The number of carboxylic acids is 1. The van der Waals surface area contributed by atoms with Crippen molar-refractivity contribution < 1.29 is 9.90 Å². The van der Waals surface area contributed by atoms with E-state index in [4.69, 9.17) is 5.11 Å². The molecule has 4 N–H and O–H groups in total. The molecule has 1 unspecified atom stereocenters. The molecule has 1 aliphatic heterocycles. The summed E-state index contributed by atoms with van der Waals surface area (Å²) >= 11 is 0. The maximum absolute atomic E-state index is 10.9. The average molecular weight is 368 g/mol. The number of carbonyl (C=O) groups is 1. The minimum atomic E-state index is -0.797. The van der Waals surface area contributed by atoms with E-state index in [-0.39, 0.29) is 12.5 Å². The number of anilines is 2. The molecule has 0 fully saturated rings. The highest BCUT2D eigenvalue weighted by Crippen LogP contribution is 2.24. The molecule has 6 nitrogen and oxygen atoms in total. The summed E-state index contributed by atoms with van der Waals surface area (Å²) < 4.78 is 0. The summed E-state index contributed by atoms with van der Waals surface area (Å²) in [5, 5.41) is 19.7. The van der Waals surface area contributed by atoms with Gasteiger partial charge < -0.3 is 21.1 Å². The predicted molar refractivity (Wildman–Crippen MR) is 108 cm³/mol. The zero-order valence-corrected chi connectivity index (χ0v) is 15.9. The molecule has 1 aromatic carbocycles. The van der Waals surface area contributed by atoms with Crippen LogP contribution in [0, 0.1) is 0 Å². The van der Waals surface area contributed by atoms with Crippen molar-refractivity contribution in [1.29, 1.82) is 0 Å². The first-order valence-corrected chi connectivity index (χ1v) is 9.56. The fourth-order valence-electron chi connectivity index (χ4n) is 3.55. The summed E-state index contributed by atoms with van der Waals surface area (Å²) in [5.41, 5.74) is 3.06. The lowest BCUT2D eigenvalue weighted by Gasteiger charge is -2.34. The number of carboxylic acid groups (broad SMARTS) is 1. The Morgan fingerprint density at radius 1 is 1.37 bits per heavy atom. The number of aromatic nitrogens is 1. The van der Waals surface area contributed by atoms with E-state index in [1.165, 1.54) is 0 Å². The van der Waals surface area contributed by atoms with Gasteiger partial charge in [-0.05, 0) is 35.6 Å². The molecule has 0 spiro atoms. The average Bonchev–Trinajstić information content (AvgIpc) is 2.68. The third-order valence-electron chi connectivity index (χ3n) is 5.13. The maximum Gasteiger partial charge on any atom is 0.307 e. The minimum absolute atomic E-state index is 0.0651. The highest BCUT2D eigenvalue weighted by Gasteiger charge is 2.25. The van der Waals surface area contributed by atoms with Crippen LogP contribution in [0.2, 0.25) is 0 Å². The molecule has 1 aromatic heterocycles. The minimum Gasteiger partial charge on any atom is -0.481 e. The molecule has 2 aromatic rings. The van der Waals surface area contributed by atoms with Gasteiger partial charge in [-0.3, -0.25) is 4.79 Å². The Labute approximate surface area is 160 Å². The van der Waals surface area contributed by atoms with E-state index in [0.29, 0.717) is 12.0 Å². The van der Waals surface area contributed by atoms with Gasteiger partial charge in [-0.15, -0.1) is 0 Å². The maximum atomic E-state index is 10.9. The van der Waals surface area contributed by atoms with Crippen LogP contribution in [0.3, 0.4) is 0 Å². The monoisotopic (exact) mass is 368 g/mol. The van der Waals surface area contributed by atoms with Gasteiger partial charge in [-0.1, -0.05) is 38.1 Å². The lowest BCUT2D eigenvalue weighted by molar-refractivity contribution is -0.136. The van der Waals surface area contributed by atoms with Crippen molar-refractivity contribution in [1.82, 2.24) is 10.3 Å². The molecule has 0 aliphatic carbocycles. The van der Waals surface area contributed by atoms with Crippen LogP contribution in [-0.4, -0.2) is 41.2 Å². The Balaban J connectivity index is 1.59. The molecule has 3 rings (SSSR count). The van der Waals surface area contributed by atoms with Gasteiger partial charge in [0.2, 0.25) is 0 Å². The van der Waals surface area contributed by atoms with E-state index < -0.39 is 5.97 Å². The molecule has 6 heteroatoms. The molecule has 0 saturated heterocycles. The number of hydrogen-bond donors (Lipinski definition) is 4. The summed E-state index contributed by atoms with van der Waals surface area (Å²) in [7, 11) is 0. The van der Waals surface area contributed by atoms with Crippen molar-refractivity contribution in [2.45, 2.75) is 44.7 Å². The first-order chi connectivity index (χ1) is 13.1. The van der Waals surface area contributed by atoms with Gasteiger partial charge in [-0.2, -0.15) is 0 Å². The van der Waals surface area contributed by atoms with E-state index >= 15 is 0 Å². The Kier molecular flexibility index (Phi) is 6.29. The van der Waals surface area contributed by atoms with Gasteiger partial charge in [-0.25, -0.2) is 4.98 Å². The first kappa shape index (κ1) is 19.2. The fraction of sp³-hybridized carbons (Fsp3) is 0.429. The largest absolute Gasteiger partial charge is 0.481 e. The van der Waals surface area contributed by atoms with Gasteiger partial charge in [0, 0.05) is 25.3 Å². The van der Waals surface area contributed by atoms with Crippen LogP contribution in [0.1, 0.15) is 37.3 Å². The van der Waals surface area contributed by atoms with Gasteiger partial charge >= 0.3 is 5.97 Å². The summed E-state index contributed by atoms with van der Waals surface area (Å²) in [5.74, 6) is 0.409. The first-order valence-electron chi connectivity index (χ1n) is 9.56. The van der Waals surface area contributed by atoms with Crippen LogP contribution in [-0.2, 0) is 11.2 Å². The van der Waals surface area contributed by atoms with Gasteiger partial charge in [0.05, 0.1) is 18.2 Å². The van der Waals surface area contributed by atoms with Crippen LogP contribution in [0.4, 0.5) is 11.5 Å². The highest BCUT2D eigenvalue weighted by molar-refractivity contribution is 5.70. The third kappa shape index (κ3) is 4.98. The lowest BCUT2D eigenvalue weighted by Crippen LogP contribution is -2.50. The van der Waals surface area contributed by atoms with Crippen molar-refractivity contribution in [2.75, 3.05) is 23.7 Å². The van der Waals surface area contributed by atoms with Crippen molar-refractivity contribution in [3.05, 3.63) is 53.7 Å². The van der Waals surface area contributed by atoms with Gasteiger partial charge in [0.1, 0.15) is 5.82 Å². The van der Waals surface area contributed by atoms with E-state index in [1.54, 1.807) is 6.20 Å². The molecule has 0 amide bonds. The summed E-state index contributed by atoms with van der Waals surface area (Å²) in [6.45, 7) is 6.05. The molecule has 144 valence electrons. The molecule has 3 atom stereocenters. The van der Waals surface area contributed by atoms with Crippen molar-refractivity contribution >= 4 is 17.5 Å². The molecule has 1 aliphatic rings. The van der Waals surface area contributed by atoms with Crippen LogP contribution in [0.5, 0.6) is 0 Å². The van der Waals surface area contributed by atoms with E-state index in [9.17, 15) is 4.79 Å². The fourth-order valence-corrected chi connectivity index (χ4v) is 3.55. The van der Waals surface area contributed by atoms with E-state index in [0.717, 1.165) is 42.1 Å².